The summed E-state index contributed by atoms with van der Waals surface area (Å²) in [6, 6.07) is 2.19. The van der Waals surface area contributed by atoms with Gasteiger partial charge in [0.05, 0.1) is 0 Å². The first-order chi connectivity index (χ1) is 6.36. The summed E-state index contributed by atoms with van der Waals surface area (Å²) in [7, 11) is 0. The molecule has 1 unspecified atom stereocenters. The molecule has 1 aromatic heterocycles. The van der Waals surface area contributed by atoms with Crippen LogP contribution in [-0.4, -0.2) is 13.1 Å². The number of thiophene rings is 1. The van der Waals surface area contributed by atoms with Crippen molar-refractivity contribution in [2.75, 3.05) is 13.1 Å². The normalized spacial score (nSPS) is 26.5. The molecule has 0 radical (unpaired) electrons. The van der Waals surface area contributed by atoms with Crippen LogP contribution in [0.1, 0.15) is 18.9 Å². The maximum absolute atomic E-state index is 3.41. The maximum atomic E-state index is 3.41. The fraction of sp³-hybridized carbons (Fsp3) is 0.455. The second kappa shape index (κ2) is 4.07. The van der Waals surface area contributed by atoms with Crippen molar-refractivity contribution in [1.29, 1.82) is 0 Å². The summed E-state index contributed by atoms with van der Waals surface area (Å²) < 4.78 is 0. The molecule has 0 spiro atoms. The van der Waals surface area contributed by atoms with E-state index in [4.69, 9.17) is 0 Å². The number of rotatable bonds is 1. The summed E-state index contributed by atoms with van der Waals surface area (Å²) in [6.07, 6.45) is 3.55. The van der Waals surface area contributed by atoms with Gasteiger partial charge in [0, 0.05) is 6.54 Å². The summed E-state index contributed by atoms with van der Waals surface area (Å²) >= 11 is 1.77. The zero-order valence-electron chi connectivity index (χ0n) is 7.92. The van der Waals surface area contributed by atoms with E-state index in [0.29, 0.717) is 5.92 Å². The minimum atomic E-state index is 0.702. The molecule has 2 heteroatoms. The van der Waals surface area contributed by atoms with Crippen molar-refractivity contribution in [3.63, 3.8) is 0 Å². The Morgan fingerprint density at radius 1 is 1.62 bits per heavy atom. The van der Waals surface area contributed by atoms with Crippen LogP contribution < -0.4 is 5.32 Å². The van der Waals surface area contributed by atoms with Crippen molar-refractivity contribution < 1.29 is 0 Å². The van der Waals surface area contributed by atoms with Gasteiger partial charge in [-0.1, -0.05) is 18.6 Å². The molecule has 0 bridgehead atoms. The minimum Gasteiger partial charge on any atom is -0.316 e. The van der Waals surface area contributed by atoms with Gasteiger partial charge in [-0.2, -0.15) is 11.3 Å². The predicted molar refractivity (Wildman–Crippen MR) is 58.9 cm³/mol. The summed E-state index contributed by atoms with van der Waals surface area (Å²) in [6.45, 7) is 4.57. The highest BCUT2D eigenvalue weighted by Gasteiger charge is 2.12. The van der Waals surface area contributed by atoms with E-state index in [2.05, 4.69) is 35.1 Å². The lowest BCUT2D eigenvalue weighted by atomic mass is 9.93. The molecule has 70 valence electrons. The zero-order chi connectivity index (χ0) is 9.10. The largest absolute Gasteiger partial charge is 0.316 e. The van der Waals surface area contributed by atoms with Gasteiger partial charge in [-0.25, -0.2) is 0 Å². The van der Waals surface area contributed by atoms with Gasteiger partial charge in [-0.15, -0.1) is 0 Å². The van der Waals surface area contributed by atoms with Crippen molar-refractivity contribution in [3.05, 3.63) is 28.0 Å². The van der Waals surface area contributed by atoms with Crippen LogP contribution in [0.15, 0.2) is 22.4 Å². The van der Waals surface area contributed by atoms with Crippen molar-refractivity contribution in [2.24, 2.45) is 5.92 Å². The molecule has 2 rings (SSSR count). The number of piperidine rings is 1. The summed E-state index contributed by atoms with van der Waals surface area (Å²) in [5.41, 5.74) is 2.96. The fourth-order valence-corrected chi connectivity index (χ4v) is 2.33. The van der Waals surface area contributed by atoms with Crippen LogP contribution in [0.5, 0.6) is 0 Å². The van der Waals surface area contributed by atoms with Gasteiger partial charge in [0.2, 0.25) is 0 Å². The van der Waals surface area contributed by atoms with E-state index in [1.807, 2.05) is 0 Å². The highest BCUT2D eigenvalue weighted by Crippen LogP contribution is 2.21. The molecule has 1 aromatic rings. The zero-order valence-corrected chi connectivity index (χ0v) is 8.73. The topological polar surface area (TPSA) is 12.0 Å². The smallest absolute Gasteiger partial charge is 0.00144 e. The van der Waals surface area contributed by atoms with Gasteiger partial charge in [-0.05, 0) is 41.3 Å². The van der Waals surface area contributed by atoms with Crippen LogP contribution in [-0.2, 0) is 0 Å². The Hall–Kier alpha value is -0.600. The lowest BCUT2D eigenvalue weighted by Crippen LogP contribution is -2.29. The first-order valence-electron chi connectivity index (χ1n) is 4.79. The third-order valence-electron chi connectivity index (χ3n) is 2.57. The summed E-state index contributed by atoms with van der Waals surface area (Å²) in [5, 5.41) is 7.75. The average Bonchev–Trinajstić information content (AvgIpc) is 2.61. The Balaban J connectivity index is 2.14. The molecule has 1 atom stereocenters. The van der Waals surface area contributed by atoms with Crippen LogP contribution in [0.2, 0.25) is 0 Å². The third kappa shape index (κ3) is 2.20. The van der Waals surface area contributed by atoms with Crippen LogP contribution >= 0.6 is 11.3 Å². The molecule has 1 N–H and O–H groups in total. The molecule has 1 saturated heterocycles. The van der Waals surface area contributed by atoms with Crippen molar-refractivity contribution in [3.8, 4) is 0 Å². The van der Waals surface area contributed by atoms with E-state index >= 15 is 0 Å². The van der Waals surface area contributed by atoms with Crippen molar-refractivity contribution in [2.45, 2.75) is 13.3 Å². The second-order valence-electron chi connectivity index (χ2n) is 3.63. The van der Waals surface area contributed by atoms with Crippen LogP contribution in [0.3, 0.4) is 0 Å². The van der Waals surface area contributed by atoms with E-state index < -0.39 is 0 Å². The molecule has 1 nitrogen and oxygen atoms in total. The molecule has 0 saturated carbocycles. The highest BCUT2D eigenvalue weighted by molar-refractivity contribution is 7.08. The number of hydrogen-bond donors (Lipinski definition) is 1. The van der Waals surface area contributed by atoms with Crippen LogP contribution in [0, 0.1) is 5.92 Å². The SMILES string of the molecule is CC1CNCC/C1=C\c1ccsc1. The van der Waals surface area contributed by atoms with Gasteiger partial charge in [0.25, 0.3) is 0 Å². The standard InChI is InChI=1S/C11H15NS/c1-9-7-12-4-2-11(9)6-10-3-5-13-8-10/h3,5-6,8-9,12H,2,4,7H2,1H3/b11-6+. The Labute approximate surface area is 83.5 Å². The molecule has 13 heavy (non-hydrogen) atoms. The molecule has 0 aromatic carbocycles. The Morgan fingerprint density at radius 2 is 2.54 bits per heavy atom. The molecule has 1 aliphatic heterocycles. The molecular formula is C11H15NS. The minimum absolute atomic E-state index is 0.702. The van der Waals surface area contributed by atoms with Gasteiger partial charge in [0.15, 0.2) is 0 Å². The van der Waals surface area contributed by atoms with Crippen LogP contribution in [0.25, 0.3) is 6.08 Å². The van der Waals surface area contributed by atoms with E-state index in [1.54, 1.807) is 16.9 Å². The average molecular weight is 193 g/mol. The van der Waals surface area contributed by atoms with Gasteiger partial charge >= 0.3 is 0 Å². The highest BCUT2D eigenvalue weighted by atomic mass is 32.1. The van der Waals surface area contributed by atoms with Gasteiger partial charge in [0.1, 0.15) is 0 Å². The van der Waals surface area contributed by atoms with Gasteiger partial charge in [-0.3, -0.25) is 0 Å². The second-order valence-corrected chi connectivity index (χ2v) is 4.41. The molecule has 1 fully saturated rings. The number of nitrogens with one attached hydrogen (secondary N) is 1. The Kier molecular flexibility index (Phi) is 2.81. The molecule has 0 aliphatic carbocycles. The Morgan fingerprint density at radius 3 is 3.23 bits per heavy atom. The third-order valence-corrected chi connectivity index (χ3v) is 3.27. The van der Waals surface area contributed by atoms with Crippen molar-refractivity contribution >= 4 is 17.4 Å². The summed E-state index contributed by atoms with van der Waals surface area (Å²) in [4.78, 5) is 0. The first kappa shape index (κ1) is 8.97. The quantitative estimate of drug-likeness (QED) is 0.723. The fourth-order valence-electron chi connectivity index (χ4n) is 1.71. The van der Waals surface area contributed by atoms with Crippen LogP contribution in [0.4, 0.5) is 0 Å². The number of hydrogen-bond acceptors (Lipinski definition) is 2. The molecular weight excluding hydrogens is 178 g/mol. The summed E-state index contributed by atoms with van der Waals surface area (Å²) in [5.74, 6) is 0.702. The van der Waals surface area contributed by atoms with E-state index in [-0.39, 0.29) is 0 Å². The molecule has 1 aliphatic rings. The lowest BCUT2D eigenvalue weighted by molar-refractivity contribution is 0.505. The maximum Gasteiger partial charge on any atom is 0.00144 e. The van der Waals surface area contributed by atoms with Gasteiger partial charge < -0.3 is 5.32 Å². The van der Waals surface area contributed by atoms with E-state index in [0.717, 1.165) is 13.1 Å². The van der Waals surface area contributed by atoms with Crippen molar-refractivity contribution in [1.82, 2.24) is 5.32 Å². The van der Waals surface area contributed by atoms with E-state index in [1.165, 1.54) is 12.0 Å². The first-order valence-corrected chi connectivity index (χ1v) is 5.74. The predicted octanol–water partition coefficient (Wildman–Crippen LogP) is 2.76. The lowest BCUT2D eigenvalue weighted by Gasteiger charge is -2.22. The monoisotopic (exact) mass is 193 g/mol. The molecule has 0 amide bonds. The Bertz CT molecular complexity index is 287. The molecule has 2 heterocycles. The van der Waals surface area contributed by atoms with E-state index in [9.17, 15) is 0 Å².